The van der Waals surface area contributed by atoms with Crippen molar-refractivity contribution in [1.82, 2.24) is 5.32 Å². The summed E-state index contributed by atoms with van der Waals surface area (Å²) in [5, 5.41) is 1.63. The van der Waals surface area contributed by atoms with Crippen LogP contribution in [0.3, 0.4) is 0 Å². The van der Waals surface area contributed by atoms with E-state index in [1.54, 1.807) is 5.32 Å². The van der Waals surface area contributed by atoms with Crippen molar-refractivity contribution in [2.75, 3.05) is 6.54 Å². The molecule has 0 fully saturated rings. The molecule has 0 heterocycles. The summed E-state index contributed by atoms with van der Waals surface area (Å²) >= 11 is 0. The van der Waals surface area contributed by atoms with E-state index in [0.717, 1.165) is 24.3 Å². The van der Waals surface area contributed by atoms with Gasteiger partial charge in [-0.15, -0.1) is 0 Å². The molecule has 1 aromatic carbocycles. The van der Waals surface area contributed by atoms with E-state index in [1.807, 2.05) is 0 Å². The molecule has 0 radical (unpaired) electrons. The van der Waals surface area contributed by atoms with Gasteiger partial charge in [0.2, 0.25) is 0 Å². The monoisotopic (exact) mass is 333 g/mol. The molecular formula is C10H8ClF4NO3S. The van der Waals surface area contributed by atoms with Crippen LogP contribution in [0.25, 0.3) is 0 Å². The predicted octanol–water partition coefficient (Wildman–Crippen LogP) is 2.24. The van der Waals surface area contributed by atoms with Crippen molar-refractivity contribution in [3.8, 4) is 0 Å². The molecule has 0 atom stereocenters. The lowest BCUT2D eigenvalue weighted by atomic mass is 10.2. The summed E-state index contributed by atoms with van der Waals surface area (Å²) in [6.45, 7) is -1.53. The number of nitrogens with one attached hydrogen (secondary N) is 1. The van der Waals surface area contributed by atoms with E-state index < -0.39 is 33.9 Å². The molecule has 10 heteroatoms. The lowest BCUT2D eigenvalue weighted by Gasteiger charge is -2.15. The Morgan fingerprint density at radius 3 is 2.15 bits per heavy atom. The van der Waals surface area contributed by atoms with Crippen molar-refractivity contribution in [2.45, 2.75) is 17.2 Å². The first kappa shape index (κ1) is 16.7. The minimum Gasteiger partial charge on any atom is -0.346 e. The molecule has 0 unspecified atom stereocenters. The van der Waals surface area contributed by atoms with Gasteiger partial charge in [0.05, 0.1) is 11.4 Å². The topological polar surface area (TPSA) is 63.2 Å². The normalized spacial score (nSPS) is 12.5. The summed E-state index contributed by atoms with van der Waals surface area (Å²) in [5.74, 6) is -5.38. The zero-order chi connectivity index (χ0) is 15.6. The highest BCUT2D eigenvalue weighted by molar-refractivity contribution is 8.13. The summed E-state index contributed by atoms with van der Waals surface area (Å²) in [7, 11) is 1.06. The molecule has 0 saturated heterocycles. The molecule has 20 heavy (non-hydrogen) atoms. The maximum atomic E-state index is 12.6. The second kappa shape index (κ2) is 5.96. The van der Waals surface area contributed by atoms with Gasteiger partial charge in [0, 0.05) is 16.2 Å². The standard InChI is InChI=1S/C10H8ClF4NO3S/c11-20(18,19)7-3-1-6(2-4-7)8(17)16-5-10(14,15)9(12)13/h1-4,9H,5H2,(H,16,17). The fourth-order valence-electron chi connectivity index (χ4n) is 1.15. The number of carbonyl (C=O) groups is 1. The summed E-state index contributed by atoms with van der Waals surface area (Å²) in [4.78, 5) is 11.1. The Hall–Kier alpha value is -1.35. The molecule has 1 rings (SSSR count). The van der Waals surface area contributed by atoms with Gasteiger partial charge >= 0.3 is 12.3 Å². The van der Waals surface area contributed by atoms with E-state index in [9.17, 15) is 30.8 Å². The van der Waals surface area contributed by atoms with Gasteiger partial charge in [-0.1, -0.05) is 0 Å². The molecule has 0 bridgehead atoms. The number of hydrogen-bond donors (Lipinski definition) is 1. The average Bonchev–Trinajstić information content (AvgIpc) is 2.35. The van der Waals surface area contributed by atoms with Crippen LogP contribution in [0.5, 0.6) is 0 Å². The van der Waals surface area contributed by atoms with Crippen LogP contribution in [-0.4, -0.2) is 33.2 Å². The third kappa shape index (κ3) is 4.34. The number of hydrogen-bond acceptors (Lipinski definition) is 3. The Bertz CT molecular complexity index is 589. The molecular weight excluding hydrogens is 326 g/mol. The fourth-order valence-corrected chi connectivity index (χ4v) is 1.92. The van der Waals surface area contributed by atoms with Gasteiger partial charge < -0.3 is 5.32 Å². The number of benzene rings is 1. The molecule has 0 aliphatic heterocycles. The van der Waals surface area contributed by atoms with Crippen LogP contribution in [0.2, 0.25) is 0 Å². The highest BCUT2D eigenvalue weighted by atomic mass is 35.7. The largest absolute Gasteiger partial charge is 0.346 e. The molecule has 0 spiro atoms. The van der Waals surface area contributed by atoms with Gasteiger partial charge in [0.1, 0.15) is 0 Å². The molecule has 1 amide bonds. The van der Waals surface area contributed by atoms with E-state index >= 15 is 0 Å². The van der Waals surface area contributed by atoms with Crippen LogP contribution in [0, 0.1) is 0 Å². The quantitative estimate of drug-likeness (QED) is 0.664. The van der Waals surface area contributed by atoms with Gasteiger partial charge in [0.15, 0.2) is 0 Å². The Kier molecular flexibility index (Phi) is 4.98. The van der Waals surface area contributed by atoms with Crippen molar-refractivity contribution in [2.24, 2.45) is 0 Å². The van der Waals surface area contributed by atoms with Crippen LogP contribution in [0.15, 0.2) is 29.2 Å². The Balaban J connectivity index is 2.75. The van der Waals surface area contributed by atoms with Crippen LogP contribution in [-0.2, 0) is 9.05 Å². The van der Waals surface area contributed by atoms with E-state index in [-0.39, 0.29) is 10.5 Å². The van der Waals surface area contributed by atoms with Crippen LogP contribution in [0.1, 0.15) is 10.4 Å². The van der Waals surface area contributed by atoms with Crippen molar-refractivity contribution in [3.63, 3.8) is 0 Å². The minimum atomic E-state index is -4.34. The SMILES string of the molecule is O=C(NCC(F)(F)C(F)F)c1ccc(S(=O)(=O)Cl)cc1. The Morgan fingerprint density at radius 2 is 1.75 bits per heavy atom. The minimum absolute atomic E-state index is 0.167. The summed E-state index contributed by atoms with van der Waals surface area (Å²) in [5.41, 5.74) is -0.167. The van der Waals surface area contributed by atoms with Crippen LogP contribution >= 0.6 is 10.7 Å². The van der Waals surface area contributed by atoms with Crippen molar-refractivity contribution < 1.29 is 30.8 Å². The third-order valence-electron chi connectivity index (χ3n) is 2.20. The smallest absolute Gasteiger partial charge is 0.324 e. The highest BCUT2D eigenvalue weighted by Gasteiger charge is 2.40. The number of rotatable bonds is 5. The van der Waals surface area contributed by atoms with Gasteiger partial charge in [-0.05, 0) is 24.3 Å². The highest BCUT2D eigenvalue weighted by Crippen LogP contribution is 2.21. The predicted molar refractivity (Wildman–Crippen MR) is 62.8 cm³/mol. The van der Waals surface area contributed by atoms with Crippen molar-refractivity contribution >= 4 is 25.6 Å². The fraction of sp³-hybridized carbons (Fsp3) is 0.300. The first-order chi connectivity index (χ1) is 9.04. The lowest BCUT2D eigenvalue weighted by Crippen LogP contribution is -2.41. The maximum absolute atomic E-state index is 12.6. The molecule has 0 aliphatic rings. The number of halogens is 5. The summed E-state index contributed by atoms with van der Waals surface area (Å²) in [6, 6.07) is 4.02. The second-order valence-corrected chi connectivity index (χ2v) is 6.27. The van der Waals surface area contributed by atoms with E-state index in [1.165, 1.54) is 0 Å². The third-order valence-corrected chi connectivity index (χ3v) is 3.57. The summed E-state index contributed by atoms with van der Waals surface area (Å²) < 4.78 is 70.8. The van der Waals surface area contributed by atoms with Crippen LogP contribution < -0.4 is 5.32 Å². The Morgan fingerprint density at radius 1 is 1.25 bits per heavy atom. The number of alkyl halides is 4. The molecule has 1 N–H and O–H groups in total. The summed E-state index contributed by atoms with van der Waals surface area (Å²) in [6.07, 6.45) is -3.90. The zero-order valence-corrected chi connectivity index (χ0v) is 11.2. The van der Waals surface area contributed by atoms with Gasteiger partial charge in [-0.2, -0.15) is 8.78 Å². The van der Waals surface area contributed by atoms with Gasteiger partial charge in [0.25, 0.3) is 15.0 Å². The number of amides is 1. The maximum Gasteiger partial charge on any atom is 0.324 e. The molecule has 4 nitrogen and oxygen atoms in total. The van der Waals surface area contributed by atoms with E-state index in [4.69, 9.17) is 10.7 Å². The lowest BCUT2D eigenvalue weighted by molar-refractivity contribution is -0.123. The zero-order valence-electron chi connectivity index (χ0n) is 9.62. The van der Waals surface area contributed by atoms with Gasteiger partial charge in [-0.25, -0.2) is 17.2 Å². The van der Waals surface area contributed by atoms with Crippen molar-refractivity contribution in [1.29, 1.82) is 0 Å². The average molecular weight is 334 g/mol. The molecule has 0 aromatic heterocycles. The first-order valence-electron chi connectivity index (χ1n) is 5.03. The molecule has 1 aromatic rings. The van der Waals surface area contributed by atoms with Crippen molar-refractivity contribution in [3.05, 3.63) is 29.8 Å². The van der Waals surface area contributed by atoms with E-state index in [0.29, 0.717) is 0 Å². The van der Waals surface area contributed by atoms with Crippen LogP contribution in [0.4, 0.5) is 17.6 Å². The van der Waals surface area contributed by atoms with E-state index in [2.05, 4.69) is 0 Å². The molecule has 0 saturated carbocycles. The second-order valence-electron chi connectivity index (χ2n) is 3.71. The number of carbonyl (C=O) groups excluding carboxylic acids is 1. The first-order valence-corrected chi connectivity index (χ1v) is 7.34. The Labute approximate surface area is 116 Å². The molecule has 0 aliphatic carbocycles. The molecule has 112 valence electrons. The van der Waals surface area contributed by atoms with Gasteiger partial charge in [-0.3, -0.25) is 4.79 Å².